The topological polar surface area (TPSA) is 24.9 Å². The molecule has 0 aliphatic carbocycles. The average Bonchev–Trinajstić information content (AvgIpc) is 2.84. The van der Waals surface area contributed by atoms with Gasteiger partial charge in [0.1, 0.15) is 0 Å². The molecular formula is C15H20N2S. The van der Waals surface area contributed by atoms with Crippen LogP contribution in [-0.2, 0) is 13.0 Å². The summed E-state index contributed by atoms with van der Waals surface area (Å²) in [5.41, 5.74) is 3.79. The van der Waals surface area contributed by atoms with Crippen LogP contribution in [0.2, 0.25) is 0 Å². The standard InChI is InChI=1S/C15H20N2S/c1-4-15-17-14(10-18-15)9-16-12(3)13-7-5-6-11(2)8-13/h5-8,10,12,16H,4,9H2,1-3H3/t12-/m0/s1. The Bertz CT molecular complexity index is 505. The minimum Gasteiger partial charge on any atom is -0.305 e. The predicted octanol–water partition coefficient (Wildman–Crippen LogP) is 3.86. The van der Waals surface area contributed by atoms with E-state index in [1.807, 2.05) is 0 Å². The quantitative estimate of drug-likeness (QED) is 0.883. The minimum atomic E-state index is 0.358. The zero-order chi connectivity index (χ0) is 13.0. The van der Waals surface area contributed by atoms with Crippen LogP contribution in [-0.4, -0.2) is 4.98 Å². The Kier molecular flexibility index (Phi) is 4.50. The first-order chi connectivity index (χ1) is 8.69. The van der Waals surface area contributed by atoms with E-state index >= 15 is 0 Å². The van der Waals surface area contributed by atoms with Crippen molar-refractivity contribution in [1.82, 2.24) is 10.3 Å². The van der Waals surface area contributed by atoms with E-state index in [1.54, 1.807) is 11.3 Å². The van der Waals surface area contributed by atoms with Crippen molar-refractivity contribution in [2.75, 3.05) is 0 Å². The van der Waals surface area contributed by atoms with Crippen molar-refractivity contribution in [3.63, 3.8) is 0 Å². The molecule has 0 aliphatic heterocycles. The van der Waals surface area contributed by atoms with Gasteiger partial charge in [0, 0.05) is 18.0 Å². The normalized spacial score (nSPS) is 12.6. The number of thiazole rings is 1. The van der Waals surface area contributed by atoms with Crippen molar-refractivity contribution in [1.29, 1.82) is 0 Å². The predicted molar refractivity (Wildman–Crippen MR) is 77.9 cm³/mol. The Hall–Kier alpha value is -1.19. The molecule has 2 rings (SSSR count). The molecule has 1 N–H and O–H groups in total. The Morgan fingerprint density at radius 3 is 2.89 bits per heavy atom. The molecule has 0 unspecified atom stereocenters. The van der Waals surface area contributed by atoms with Crippen LogP contribution in [0.1, 0.15) is 41.7 Å². The van der Waals surface area contributed by atoms with Gasteiger partial charge in [0.05, 0.1) is 10.7 Å². The van der Waals surface area contributed by atoms with E-state index in [9.17, 15) is 0 Å². The van der Waals surface area contributed by atoms with Gasteiger partial charge in [-0.15, -0.1) is 11.3 Å². The summed E-state index contributed by atoms with van der Waals surface area (Å²) in [5, 5.41) is 6.89. The van der Waals surface area contributed by atoms with Crippen LogP contribution >= 0.6 is 11.3 Å². The van der Waals surface area contributed by atoms with Crippen molar-refractivity contribution < 1.29 is 0 Å². The van der Waals surface area contributed by atoms with Crippen LogP contribution in [0.25, 0.3) is 0 Å². The van der Waals surface area contributed by atoms with Crippen LogP contribution < -0.4 is 5.32 Å². The third-order valence-electron chi connectivity index (χ3n) is 3.03. The number of aryl methyl sites for hydroxylation is 2. The number of nitrogens with one attached hydrogen (secondary N) is 1. The lowest BCUT2D eigenvalue weighted by atomic mass is 10.1. The number of benzene rings is 1. The van der Waals surface area contributed by atoms with Gasteiger partial charge in [0.15, 0.2) is 0 Å². The number of aromatic nitrogens is 1. The van der Waals surface area contributed by atoms with Gasteiger partial charge in [0.2, 0.25) is 0 Å². The fourth-order valence-corrected chi connectivity index (χ4v) is 2.65. The lowest BCUT2D eigenvalue weighted by Crippen LogP contribution is -2.18. The molecule has 1 atom stereocenters. The van der Waals surface area contributed by atoms with Gasteiger partial charge < -0.3 is 5.32 Å². The van der Waals surface area contributed by atoms with E-state index in [2.05, 4.69) is 60.7 Å². The first-order valence-corrected chi connectivity index (χ1v) is 7.30. The summed E-state index contributed by atoms with van der Waals surface area (Å²) in [6, 6.07) is 9.00. The summed E-state index contributed by atoms with van der Waals surface area (Å²) in [6.07, 6.45) is 1.03. The lowest BCUT2D eigenvalue weighted by molar-refractivity contribution is 0.568. The van der Waals surface area contributed by atoms with Gasteiger partial charge in [0.25, 0.3) is 0 Å². The molecule has 2 aromatic rings. The van der Waals surface area contributed by atoms with E-state index in [-0.39, 0.29) is 0 Å². The van der Waals surface area contributed by atoms with Crippen molar-refractivity contribution in [3.05, 3.63) is 51.5 Å². The highest BCUT2D eigenvalue weighted by atomic mass is 32.1. The fourth-order valence-electron chi connectivity index (χ4n) is 1.91. The molecule has 18 heavy (non-hydrogen) atoms. The van der Waals surface area contributed by atoms with E-state index in [1.165, 1.54) is 16.1 Å². The molecule has 3 heteroatoms. The Balaban J connectivity index is 1.93. The van der Waals surface area contributed by atoms with Gasteiger partial charge in [-0.1, -0.05) is 36.8 Å². The second-order valence-electron chi connectivity index (χ2n) is 4.60. The zero-order valence-corrected chi connectivity index (χ0v) is 12.1. The Labute approximate surface area is 113 Å². The third-order valence-corrected chi connectivity index (χ3v) is 4.08. The molecule has 0 amide bonds. The first kappa shape index (κ1) is 13.2. The second-order valence-corrected chi connectivity index (χ2v) is 5.55. The van der Waals surface area contributed by atoms with Gasteiger partial charge >= 0.3 is 0 Å². The van der Waals surface area contributed by atoms with Crippen LogP contribution in [0, 0.1) is 6.92 Å². The summed E-state index contributed by atoms with van der Waals surface area (Å²) in [6.45, 7) is 7.31. The minimum absolute atomic E-state index is 0.358. The van der Waals surface area contributed by atoms with Crippen LogP contribution in [0.3, 0.4) is 0 Å². The third kappa shape index (κ3) is 3.40. The highest BCUT2D eigenvalue weighted by Gasteiger charge is 2.06. The van der Waals surface area contributed by atoms with Crippen LogP contribution in [0.15, 0.2) is 29.6 Å². The van der Waals surface area contributed by atoms with Gasteiger partial charge in [-0.25, -0.2) is 4.98 Å². The Morgan fingerprint density at radius 2 is 2.22 bits per heavy atom. The van der Waals surface area contributed by atoms with Crippen molar-refractivity contribution in [2.45, 2.75) is 39.8 Å². The molecular weight excluding hydrogens is 240 g/mol. The molecule has 0 radical (unpaired) electrons. The lowest BCUT2D eigenvalue weighted by Gasteiger charge is -2.13. The molecule has 0 saturated heterocycles. The molecule has 0 saturated carbocycles. The zero-order valence-electron chi connectivity index (χ0n) is 11.2. The van der Waals surface area contributed by atoms with E-state index in [0.717, 1.165) is 18.7 Å². The summed E-state index contributed by atoms with van der Waals surface area (Å²) < 4.78 is 0. The molecule has 0 aliphatic rings. The molecule has 0 spiro atoms. The summed E-state index contributed by atoms with van der Waals surface area (Å²) in [7, 11) is 0. The SMILES string of the molecule is CCc1nc(CN[C@@H](C)c2cccc(C)c2)cs1. The molecule has 0 fully saturated rings. The maximum Gasteiger partial charge on any atom is 0.0926 e. The van der Waals surface area contributed by atoms with E-state index in [0.29, 0.717) is 6.04 Å². The monoisotopic (exact) mass is 260 g/mol. The van der Waals surface area contributed by atoms with Crippen molar-refractivity contribution in [2.24, 2.45) is 0 Å². The van der Waals surface area contributed by atoms with Gasteiger partial charge in [-0.2, -0.15) is 0 Å². The summed E-state index contributed by atoms with van der Waals surface area (Å²) >= 11 is 1.75. The van der Waals surface area contributed by atoms with Gasteiger partial charge in [-0.05, 0) is 25.8 Å². The highest BCUT2D eigenvalue weighted by Crippen LogP contribution is 2.15. The second kappa shape index (κ2) is 6.12. The van der Waals surface area contributed by atoms with Crippen LogP contribution in [0.4, 0.5) is 0 Å². The molecule has 0 bridgehead atoms. The number of hydrogen-bond donors (Lipinski definition) is 1. The first-order valence-electron chi connectivity index (χ1n) is 6.42. The maximum absolute atomic E-state index is 4.57. The fraction of sp³-hybridized carbons (Fsp3) is 0.400. The largest absolute Gasteiger partial charge is 0.305 e. The Morgan fingerprint density at radius 1 is 1.39 bits per heavy atom. The van der Waals surface area contributed by atoms with E-state index in [4.69, 9.17) is 0 Å². The van der Waals surface area contributed by atoms with Crippen LogP contribution in [0.5, 0.6) is 0 Å². The molecule has 2 nitrogen and oxygen atoms in total. The average molecular weight is 260 g/mol. The van der Waals surface area contributed by atoms with Gasteiger partial charge in [-0.3, -0.25) is 0 Å². The number of rotatable bonds is 5. The maximum atomic E-state index is 4.57. The molecule has 1 aromatic carbocycles. The van der Waals surface area contributed by atoms with Crippen molar-refractivity contribution in [3.8, 4) is 0 Å². The number of nitrogens with zero attached hydrogens (tertiary/aromatic N) is 1. The molecule has 96 valence electrons. The highest BCUT2D eigenvalue weighted by molar-refractivity contribution is 7.09. The van der Waals surface area contributed by atoms with Crippen molar-refractivity contribution >= 4 is 11.3 Å². The van der Waals surface area contributed by atoms with E-state index < -0.39 is 0 Å². The molecule has 1 heterocycles. The summed E-state index contributed by atoms with van der Waals surface area (Å²) in [5.74, 6) is 0. The number of hydrogen-bond acceptors (Lipinski definition) is 3. The molecule has 1 aromatic heterocycles. The summed E-state index contributed by atoms with van der Waals surface area (Å²) in [4.78, 5) is 4.57. The smallest absolute Gasteiger partial charge is 0.0926 e.